The molecule has 0 saturated carbocycles. The van der Waals surface area contributed by atoms with E-state index in [2.05, 4.69) is 5.32 Å². The maximum atomic E-state index is 13.2. The Morgan fingerprint density at radius 2 is 1.91 bits per heavy atom. The summed E-state index contributed by atoms with van der Waals surface area (Å²) in [7, 11) is 0. The molecule has 1 fully saturated rings. The van der Waals surface area contributed by atoms with E-state index < -0.39 is 16.7 Å². The van der Waals surface area contributed by atoms with Crippen LogP contribution in [0.4, 0.5) is 11.4 Å². The Bertz CT molecular complexity index is 1350. The van der Waals surface area contributed by atoms with Gasteiger partial charge in [0.15, 0.2) is 5.11 Å². The molecule has 172 valence electrons. The first-order valence-corrected chi connectivity index (χ1v) is 10.8. The van der Waals surface area contributed by atoms with Crippen LogP contribution < -0.4 is 15.0 Å². The zero-order chi connectivity index (χ0) is 24.4. The van der Waals surface area contributed by atoms with E-state index in [0.29, 0.717) is 23.6 Å². The highest BCUT2D eigenvalue weighted by atomic mass is 35.5. The highest BCUT2D eigenvalue weighted by molar-refractivity contribution is 7.80. The number of ether oxygens (including phenoxy) is 1. The molecule has 0 radical (unpaired) electrons. The number of carbonyl (C=O) groups excluding carboxylic acids is 2. The molecule has 11 heteroatoms. The predicted octanol–water partition coefficient (Wildman–Crippen LogP) is 4.74. The minimum Gasteiger partial charge on any atom is -0.494 e. The lowest BCUT2D eigenvalue weighted by Crippen LogP contribution is -2.54. The van der Waals surface area contributed by atoms with Crippen LogP contribution in [-0.2, 0) is 9.59 Å². The number of anilines is 1. The lowest BCUT2D eigenvalue weighted by atomic mass is 10.1. The number of hydrogen-bond acceptors (Lipinski definition) is 7. The van der Waals surface area contributed by atoms with Crippen molar-refractivity contribution in [2.45, 2.75) is 6.92 Å². The Morgan fingerprint density at radius 1 is 1.18 bits per heavy atom. The maximum absolute atomic E-state index is 13.2. The summed E-state index contributed by atoms with van der Waals surface area (Å²) in [6.45, 7) is 2.35. The Morgan fingerprint density at radius 3 is 2.59 bits per heavy atom. The van der Waals surface area contributed by atoms with Gasteiger partial charge in [0.25, 0.3) is 17.5 Å². The molecule has 9 nitrogen and oxygen atoms in total. The van der Waals surface area contributed by atoms with E-state index in [1.807, 2.05) is 6.92 Å². The van der Waals surface area contributed by atoms with Crippen LogP contribution in [0, 0.1) is 10.1 Å². The van der Waals surface area contributed by atoms with Crippen LogP contribution in [-0.4, -0.2) is 28.5 Å². The molecule has 1 aromatic heterocycles. The molecule has 0 spiro atoms. The van der Waals surface area contributed by atoms with Crippen molar-refractivity contribution >= 4 is 58.2 Å². The molecule has 4 rings (SSSR count). The van der Waals surface area contributed by atoms with Gasteiger partial charge >= 0.3 is 0 Å². The fraction of sp³-hybridized carbons (Fsp3) is 0.0870. The number of hydrogen-bond donors (Lipinski definition) is 1. The van der Waals surface area contributed by atoms with Gasteiger partial charge in [-0.3, -0.25) is 29.9 Å². The van der Waals surface area contributed by atoms with Crippen LogP contribution in [0.2, 0.25) is 5.02 Å². The number of rotatable bonds is 6. The second kappa shape index (κ2) is 9.46. The number of carbonyl (C=O) groups is 2. The number of benzene rings is 2. The maximum Gasteiger partial charge on any atom is 0.270 e. The van der Waals surface area contributed by atoms with Crippen molar-refractivity contribution in [3.05, 3.63) is 81.1 Å². The molecule has 0 bridgehead atoms. The van der Waals surface area contributed by atoms with E-state index in [0.717, 1.165) is 0 Å². The SMILES string of the molecule is CCOc1ccc(N2C(=O)/C(=C\c3ccc(-c4cc([N+](=O)[O-])ccc4Cl)o3)C(=O)NC2=S)cc1. The second-order valence-electron chi connectivity index (χ2n) is 7.01. The molecule has 3 aromatic rings. The average Bonchev–Trinajstić information content (AvgIpc) is 3.26. The minimum absolute atomic E-state index is 0.0557. The van der Waals surface area contributed by atoms with Gasteiger partial charge in [-0.25, -0.2) is 0 Å². The van der Waals surface area contributed by atoms with Gasteiger partial charge < -0.3 is 9.15 Å². The molecule has 2 amide bonds. The van der Waals surface area contributed by atoms with Crippen LogP contribution in [0.15, 0.2) is 64.6 Å². The number of thiocarbonyl (C=S) groups is 1. The van der Waals surface area contributed by atoms with E-state index in [1.165, 1.54) is 41.3 Å². The van der Waals surface area contributed by atoms with Gasteiger partial charge in [-0.05, 0) is 67.7 Å². The quantitative estimate of drug-likeness (QED) is 0.172. The Hall–Kier alpha value is -4.02. The summed E-state index contributed by atoms with van der Waals surface area (Å²) < 4.78 is 11.1. The van der Waals surface area contributed by atoms with E-state index in [1.54, 1.807) is 24.3 Å². The van der Waals surface area contributed by atoms with E-state index in [9.17, 15) is 19.7 Å². The molecule has 2 aromatic carbocycles. The van der Waals surface area contributed by atoms with Gasteiger partial charge in [-0.2, -0.15) is 0 Å². The van der Waals surface area contributed by atoms with E-state index in [-0.39, 0.29) is 32.9 Å². The Kier molecular flexibility index (Phi) is 6.44. The largest absolute Gasteiger partial charge is 0.494 e. The van der Waals surface area contributed by atoms with Crippen LogP contribution in [0.5, 0.6) is 5.75 Å². The third-order valence-corrected chi connectivity index (χ3v) is 5.46. The number of nitrogens with zero attached hydrogens (tertiary/aromatic N) is 2. The van der Waals surface area contributed by atoms with Crippen molar-refractivity contribution in [1.29, 1.82) is 0 Å². The fourth-order valence-electron chi connectivity index (χ4n) is 3.28. The fourth-order valence-corrected chi connectivity index (χ4v) is 3.77. The zero-order valence-corrected chi connectivity index (χ0v) is 19.2. The molecule has 1 saturated heterocycles. The summed E-state index contributed by atoms with van der Waals surface area (Å²) in [6.07, 6.45) is 1.27. The van der Waals surface area contributed by atoms with Gasteiger partial charge in [0.05, 0.1) is 22.2 Å². The van der Waals surface area contributed by atoms with Gasteiger partial charge in [0.1, 0.15) is 22.8 Å². The number of non-ortho nitro benzene ring substituents is 1. The third-order valence-electron chi connectivity index (χ3n) is 4.85. The van der Waals surface area contributed by atoms with Gasteiger partial charge in [-0.1, -0.05) is 11.6 Å². The number of nitro groups is 1. The standard InChI is InChI=1S/C23H16ClN3O6S/c1-2-32-15-6-3-13(4-7-15)26-22(29)18(21(28)25-23(26)34)12-16-8-10-20(33-16)17-11-14(27(30)31)5-9-19(17)24/h3-12H,2H2,1H3,(H,25,28,34)/b18-12-. The normalized spacial score (nSPS) is 14.9. The summed E-state index contributed by atoms with van der Waals surface area (Å²) >= 11 is 11.4. The molecule has 0 atom stereocenters. The number of nitrogens with one attached hydrogen (secondary N) is 1. The first-order valence-electron chi connectivity index (χ1n) is 9.97. The van der Waals surface area contributed by atoms with E-state index in [4.69, 9.17) is 33.0 Å². The second-order valence-corrected chi connectivity index (χ2v) is 7.80. The summed E-state index contributed by atoms with van der Waals surface area (Å²) in [5.74, 6) is -0.268. The first kappa shape index (κ1) is 23.1. The summed E-state index contributed by atoms with van der Waals surface area (Å²) in [5.41, 5.74) is 0.399. The number of furan rings is 1. The molecule has 34 heavy (non-hydrogen) atoms. The molecule has 0 aliphatic carbocycles. The molecular weight excluding hydrogens is 482 g/mol. The number of nitro benzene ring substituents is 1. The zero-order valence-electron chi connectivity index (χ0n) is 17.6. The van der Waals surface area contributed by atoms with Crippen molar-refractivity contribution in [3.63, 3.8) is 0 Å². The predicted molar refractivity (Wildman–Crippen MR) is 130 cm³/mol. The van der Waals surface area contributed by atoms with Crippen LogP contribution >= 0.6 is 23.8 Å². The lowest BCUT2D eigenvalue weighted by Gasteiger charge is -2.28. The van der Waals surface area contributed by atoms with Crippen molar-refractivity contribution in [2.75, 3.05) is 11.5 Å². The molecule has 0 unspecified atom stereocenters. The summed E-state index contributed by atoms with van der Waals surface area (Å²) in [5, 5.41) is 13.8. The van der Waals surface area contributed by atoms with Crippen LogP contribution in [0.1, 0.15) is 12.7 Å². The lowest BCUT2D eigenvalue weighted by molar-refractivity contribution is -0.384. The van der Waals surface area contributed by atoms with Gasteiger partial charge in [-0.15, -0.1) is 0 Å². The number of amides is 2. The molecule has 2 heterocycles. The molecule has 1 aliphatic rings. The summed E-state index contributed by atoms with van der Waals surface area (Å²) in [6, 6.07) is 13.7. The molecule has 1 N–H and O–H groups in total. The monoisotopic (exact) mass is 497 g/mol. The molecule has 1 aliphatic heterocycles. The number of halogens is 1. The smallest absolute Gasteiger partial charge is 0.270 e. The van der Waals surface area contributed by atoms with Crippen LogP contribution in [0.3, 0.4) is 0 Å². The van der Waals surface area contributed by atoms with Crippen molar-refractivity contribution in [2.24, 2.45) is 0 Å². The Balaban J connectivity index is 1.65. The van der Waals surface area contributed by atoms with Crippen molar-refractivity contribution < 1.29 is 23.7 Å². The third kappa shape index (κ3) is 4.54. The highest BCUT2D eigenvalue weighted by Gasteiger charge is 2.34. The average molecular weight is 498 g/mol. The van der Waals surface area contributed by atoms with Gasteiger partial charge in [0.2, 0.25) is 0 Å². The summed E-state index contributed by atoms with van der Waals surface area (Å²) in [4.78, 5) is 37.4. The molecular formula is C23H16ClN3O6S. The minimum atomic E-state index is -0.677. The highest BCUT2D eigenvalue weighted by Crippen LogP contribution is 2.33. The first-order chi connectivity index (χ1) is 16.3. The topological polar surface area (TPSA) is 115 Å². The van der Waals surface area contributed by atoms with Gasteiger partial charge in [0, 0.05) is 17.7 Å². The van der Waals surface area contributed by atoms with Crippen LogP contribution in [0.25, 0.3) is 17.4 Å². The van der Waals surface area contributed by atoms with Crippen molar-refractivity contribution in [1.82, 2.24) is 5.32 Å². The Labute approximate surface area is 203 Å². The van der Waals surface area contributed by atoms with E-state index >= 15 is 0 Å². The van der Waals surface area contributed by atoms with Crippen molar-refractivity contribution in [3.8, 4) is 17.1 Å².